The summed E-state index contributed by atoms with van der Waals surface area (Å²) < 4.78 is 59.6. The molecular formula is C12H14F3NO4S. The molecule has 0 aliphatic carbocycles. The first-order chi connectivity index (χ1) is 9.46. The van der Waals surface area contributed by atoms with Crippen molar-refractivity contribution in [3.8, 4) is 0 Å². The monoisotopic (exact) mass is 325 g/mol. The van der Waals surface area contributed by atoms with Gasteiger partial charge in [-0.05, 0) is 38.1 Å². The van der Waals surface area contributed by atoms with Crippen molar-refractivity contribution in [3.05, 3.63) is 24.3 Å². The lowest BCUT2D eigenvalue weighted by Gasteiger charge is -2.27. The van der Waals surface area contributed by atoms with E-state index in [-0.39, 0.29) is 12.6 Å². The zero-order chi connectivity index (χ0) is 16.4. The van der Waals surface area contributed by atoms with Gasteiger partial charge in [-0.25, -0.2) is 8.42 Å². The fraction of sp³-hybridized carbons (Fsp3) is 0.417. The van der Waals surface area contributed by atoms with Crippen LogP contribution in [0.1, 0.15) is 13.8 Å². The molecule has 0 spiro atoms. The maximum atomic E-state index is 12.4. The van der Waals surface area contributed by atoms with Gasteiger partial charge >= 0.3 is 11.5 Å². The number of rotatable bonds is 5. The highest BCUT2D eigenvalue weighted by Crippen LogP contribution is 2.31. The lowest BCUT2D eigenvalue weighted by atomic mass is 10.2. The summed E-state index contributed by atoms with van der Waals surface area (Å²) >= 11 is 0. The number of sulfone groups is 1. The van der Waals surface area contributed by atoms with Crippen molar-refractivity contribution < 1.29 is 31.5 Å². The van der Waals surface area contributed by atoms with Crippen molar-refractivity contribution in [1.82, 2.24) is 0 Å². The minimum absolute atomic E-state index is 0.217. The van der Waals surface area contributed by atoms with Gasteiger partial charge in [0.15, 0.2) is 0 Å². The van der Waals surface area contributed by atoms with Gasteiger partial charge in [-0.2, -0.15) is 13.2 Å². The lowest BCUT2D eigenvalue weighted by Crippen LogP contribution is -2.35. The summed E-state index contributed by atoms with van der Waals surface area (Å²) in [5.41, 5.74) is -5.04. The van der Waals surface area contributed by atoms with E-state index in [1.54, 1.807) is 13.8 Å². The highest BCUT2D eigenvalue weighted by molar-refractivity contribution is 7.92. The van der Waals surface area contributed by atoms with Gasteiger partial charge in [0, 0.05) is 11.7 Å². The molecule has 0 saturated heterocycles. The Hall–Kier alpha value is -1.77. The predicted molar refractivity (Wildman–Crippen MR) is 69.8 cm³/mol. The number of alkyl halides is 3. The normalized spacial score (nSPS) is 12.5. The minimum atomic E-state index is -5.40. The van der Waals surface area contributed by atoms with E-state index in [1.807, 2.05) is 0 Å². The van der Waals surface area contributed by atoms with Gasteiger partial charge in [0.25, 0.3) is 9.84 Å². The topological polar surface area (TPSA) is 74.7 Å². The van der Waals surface area contributed by atoms with Crippen molar-refractivity contribution >= 4 is 21.5 Å². The second-order valence-electron chi connectivity index (χ2n) is 4.56. The average molecular weight is 325 g/mol. The summed E-state index contributed by atoms with van der Waals surface area (Å²) in [4.78, 5) is 11.3. The van der Waals surface area contributed by atoms with E-state index in [9.17, 15) is 26.4 Å². The van der Waals surface area contributed by atoms with Gasteiger partial charge in [-0.3, -0.25) is 4.79 Å². The third kappa shape index (κ3) is 3.87. The van der Waals surface area contributed by atoms with Gasteiger partial charge in [0.1, 0.15) is 6.54 Å². The fourth-order valence-electron chi connectivity index (χ4n) is 1.67. The van der Waals surface area contributed by atoms with E-state index >= 15 is 0 Å². The summed E-state index contributed by atoms with van der Waals surface area (Å²) in [5.74, 6) is -1.10. The standard InChI is InChI=1S/C12H14F3NO4S/c1-8(2)16(7-11(17)18)9-3-5-10(6-4-9)21(19,20)12(13,14)15/h3-6,8H,7H2,1-2H3,(H,17,18). The van der Waals surface area contributed by atoms with E-state index in [4.69, 9.17) is 5.11 Å². The number of halogens is 3. The minimum Gasteiger partial charge on any atom is -0.480 e. The summed E-state index contributed by atoms with van der Waals surface area (Å²) in [6.07, 6.45) is 0. The van der Waals surface area contributed by atoms with Crippen LogP contribution < -0.4 is 4.90 Å². The van der Waals surface area contributed by atoms with E-state index in [2.05, 4.69) is 0 Å². The van der Waals surface area contributed by atoms with Gasteiger partial charge in [-0.15, -0.1) is 0 Å². The number of benzene rings is 1. The largest absolute Gasteiger partial charge is 0.501 e. The Morgan fingerprint density at radius 2 is 1.71 bits per heavy atom. The number of anilines is 1. The first kappa shape index (κ1) is 17.3. The van der Waals surface area contributed by atoms with Gasteiger partial charge in [-0.1, -0.05) is 0 Å². The Labute approximate surface area is 119 Å². The average Bonchev–Trinajstić information content (AvgIpc) is 2.34. The fourth-order valence-corrected chi connectivity index (χ4v) is 2.43. The number of nitrogens with zero attached hydrogens (tertiary/aromatic N) is 1. The van der Waals surface area contributed by atoms with Crippen molar-refractivity contribution in [2.45, 2.75) is 30.3 Å². The maximum absolute atomic E-state index is 12.4. The smallest absolute Gasteiger partial charge is 0.480 e. The predicted octanol–water partition coefficient (Wildman–Crippen LogP) is 2.28. The number of carboxylic acid groups (broad SMARTS) is 1. The Balaban J connectivity index is 3.15. The molecule has 0 aromatic heterocycles. The number of hydrogen-bond acceptors (Lipinski definition) is 4. The molecule has 118 valence electrons. The van der Waals surface area contributed by atoms with Crippen LogP contribution in [0.3, 0.4) is 0 Å². The summed E-state index contributed by atoms with van der Waals surface area (Å²) in [7, 11) is -5.40. The molecule has 21 heavy (non-hydrogen) atoms. The molecule has 1 aromatic rings. The van der Waals surface area contributed by atoms with E-state index in [0.717, 1.165) is 24.3 Å². The molecule has 1 aromatic carbocycles. The van der Waals surface area contributed by atoms with E-state index in [0.29, 0.717) is 5.69 Å². The lowest BCUT2D eigenvalue weighted by molar-refractivity contribution is -0.135. The van der Waals surface area contributed by atoms with Crippen molar-refractivity contribution in [2.75, 3.05) is 11.4 Å². The zero-order valence-electron chi connectivity index (χ0n) is 11.3. The van der Waals surface area contributed by atoms with Gasteiger partial charge in [0.2, 0.25) is 0 Å². The van der Waals surface area contributed by atoms with Gasteiger partial charge in [0.05, 0.1) is 4.90 Å². The van der Waals surface area contributed by atoms with Crippen LogP contribution in [0.2, 0.25) is 0 Å². The first-order valence-corrected chi connectivity index (χ1v) is 7.35. The molecule has 0 unspecified atom stereocenters. The summed E-state index contributed by atoms with van der Waals surface area (Å²) in [5, 5.41) is 8.80. The van der Waals surface area contributed by atoms with Crippen molar-refractivity contribution in [2.24, 2.45) is 0 Å². The molecule has 0 bridgehead atoms. The third-order valence-electron chi connectivity index (χ3n) is 2.71. The highest BCUT2D eigenvalue weighted by Gasteiger charge is 2.46. The molecule has 9 heteroatoms. The Morgan fingerprint density at radius 1 is 1.24 bits per heavy atom. The number of carbonyl (C=O) groups is 1. The molecule has 0 aliphatic rings. The molecule has 0 amide bonds. The van der Waals surface area contributed by atoms with Crippen LogP contribution in [0.25, 0.3) is 0 Å². The number of carboxylic acids is 1. The molecule has 1 rings (SSSR count). The molecule has 0 radical (unpaired) electrons. The molecule has 0 heterocycles. The quantitative estimate of drug-likeness (QED) is 0.899. The molecule has 1 N–H and O–H groups in total. The van der Waals surface area contributed by atoms with Crippen LogP contribution in [-0.2, 0) is 14.6 Å². The van der Waals surface area contributed by atoms with E-state index in [1.165, 1.54) is 4.90 Å². The van der Waals surface area contributed by atoms with Crippen molar-refractivity contribution in [1.29, 1.82) is 0 Å². The molecule has 5 nitrogen and oxygen atoms in total. The zero-order valence-corrected chi connectivity index (χ0v) is 12.1. The number of hydrogen-bond donors (Lipinski definition) is 1. The summed E-state index contributed by atoms with van der Waals surface area (Å²) in [6.45, 7) is 3.08. The van der Waals surface area contributed by atoms with Crippen LogP contribution in [0.4, 0.5) is 18.9 Å². The van der Waals surface area contributed by atoms with Gasteiger partial charge < -0.3 is 10.0 Å². The SMILES string of the molecule is CC(C)N(CC(=O)O)c1ccc(S(=O)(=O)C(F)(F)F)cc1. The van der Waals surface area contributed by atoms with E-state index < -0.39 is 26.2 Å². The van der Waals surface area contributed by atoms with Crippen molar-refractivity contribution in [3.63, 3.8) is 0 Å². The molecule has 0 saturated carbocycles. The summed E-state index contributed by atoms with van der Waals surface area (Å²) in [6, 6.07) is 3.72. The Morgan fingerprint density at radius 3 is 2.05 bits per heavy atom. The van der Waals surface area contributed by atoms with Crippen LogP contribution in [-0.4, -0.2) is 37.6 Å². The third-order valence-corrected chi connectivity index (χ3v) is 4.21. The van der Waals surface area contributed by atoms with Crippen LogP contribution >= 0.6 is 0 Å². The van der Waals surface area contributed by atoms with Crippen LogP contribution in [0.15, 0.2) is 29.2 Å². The second-order valence-corrected chi connectivity index (χ2v) is 6.50. The molecular weight excluding hydrogens is 311 g/mol. The van der Waals surface area contributed by atoms with Crippen LogP contribution in [0, 0.1) is 0 Å². The highest BCUT2D eigenvalue weighted by atomic mass is 32.2. The second kappa shape index (κ2) is 5.92. The van der Waals surface area contributed by atoms with Crippen LogP contribution in [0.5, 0.6) is 0 Å². The number of aliphatic carboxylic acids is 1. The molecule has 0 fully saturated rings. The molecule has 0 aliphatic heterocycles. The molecule has 0 atom stereocenters. The maximum Gasteiger partial charge on any atom is 0.501 e. The first-order valence-electron chi connectivity index (χ1n) is 5.86. The Bertz CT molecular complexity index is 608. The Kier molecular flexibility index (Phi) is 4.87.